The molecule has 0 radical (unpaired) electrons. The van der Waals surface area contributed by atoms with E-state index in [-0.39, 0.29) is 18.7 Å². The number of aliphatic hydroxyl groups is 1. The fraction of sp³-hybridized carbons (Fsp3) is 0.600. The number of carbonyl (C=O) groups excluding carboxylic acids is 1. The number of pyridine rings is 1. The number of hydrogen-bond donors (Lipinski definition) is 1. The molecule has 0 spiro atoms. The maximum atomic E-state index is 12.4. The zero-order chi connectivity index (χ0) is 14.8. The molecule has 0 saturated heterocycles. The molecule has 0 aliphatic carbocycles. The van der Waals surface area contributed by atoms with Crippen molar-refractivity contribution in [3.8, 4) is 0 Å². The van der Waals surface area contributed by atoms with Gasteiger partial charge in [-0.2, -0.15) is 0 Å². The quantitative estimate of drug-likeness (QED) is 0.922. The Morgan fingerprint density at radius 2 is 2.30 bits per heavy atom. The molecule has 1 aromatic rings. The summed E-state index contributed by atoms with van der Waals surface area (Å²) in [6.45, 7) is 5.68. The number of fused-ring (bicyclic) bond motifs is 1. The summed E-state index contributed by atoms with van der Waals surface area (Å²) >= 11 is 0. The summed E-state index contributed by atoms with van der Waals surface area (Å²) in [7, 11) is 0. The van der Waals surface area contributed by atoms with Crippen LogP contribution in [0, 0.1) is 0 Å². The molecule has 1 aliphatic heterocycles. The van der Waals surface area contributed by atoms with Gasteiger partial charge in [-0.1, -0.05) is 6.07 Å². The number of nitrogens with zero attached hydrogens (tertiary/aromatic N) is 2. The highest BCUT2D eigenvalue weighted by molar-refractivity contribution is 5.90. The van der Waals surface area contributed by atoms with Gasteiger partial charge in [-0.3, -0.25) is 4.90 Å². The second-order valence-corrected chi connectivity index (χ2v) is 6.06. The fourth-order valence-corrected chi connectivity index (χ4v) is 2.43. The van der Waals surface area contributed by atoms with Gasteiger partial charge in [0.15, 0.2) is 0 Å². The molecule has 0 bridgehead atoms. The van der Waals surface area contributed by atoms with Crippen LogP contribution in [0.5, 0.6) is 0 Å². The van der Waals surface area contributed by atoms with Gasteiger partial charge in [0.1, 0.15) is 11.4 Å². The SMILES string of the molecule is CC(C)(C)OC(=O)N1c2ncccc2CC1CCCO. The number of hydrogen-bond acceptors (Lipinski definition) is 4. The third kappa shape index (κ3) is 3.28. The number of rotatable bonds is 3. The van der Waals surface area contributed by atoms with Crippen molar-refractivity contribution < 1.29 is 14.6 Å². The minimum atomic E-state index is -0.532. The minimum absolute atomic E-state index is 0.0156. The van der Waals surface area contributed by atoms with E-state index in [0.717, 1.165) is 18.4 Å². The minimum Gasteiger partial charge on any atom is -0.443 e. The first kappa shape index (κ1) is 14.8. The third-order valence-corrected chi connectivity index (χ3v) is 3.20. The zero-order valence-electron chi connectivity index (χ0n) is 12.3. The molecule has 5 heteroatoms. The third-order valence-electron chi connectivity index (χ3n) is 3.20. The summed E-state index contributed by atoms with van der Waals surface area (Å²) < 4.78 is 5.47. The van der Waals surface area contributed by atoms with Crippen molar-refractivity contribution in [2.75, 3.05) is 11.5 Å². The Labute approximate surface area is 119 Å². The van der Waals surface area contributed by atoms with Crippen LogP contribution in [-0.4, -0.2) is 34.4 Å². The summed E-state index contributed by atoms with van der Waals surface area (Å²) in [6, 6.07) is 3.88. The van der Waals surface area contributed by atoms with E-state index in [9.17, 15) is 4.79 Å². The number of amides is 1. The number of aromatic nitrogens is 1. The molecule has 1 N–H and O–H groups in total. The molecule has 1 unspecified atom stereocenters. The Morgan fingerprint density at radius 1 is 1.55 bits per heavy atom. The number of aliphatic hydroxyl groups excluding tert-OH is 1. The van der Waals surface area contributed by atoms with Crippen molar-refractivity contribution in [1.29, 1.82) is 0 Å². The first-order chi connectivity index (χ1) is 9.42. The molecular formula is C15H22N2O3. The molecule has 5 nitrogen and oxygen atoms in total. The Hall–Kier alpha value is -1.62. The molecule has 20 heavy (non-hydrogen) atoms. The highest BCUT2D eigenvalue weighted by Crippen LogP contribution is 2.33. The maximum Gasteiger partial charge on any atom is 0.416 e. The van der Waals surface area contributed by atoms with E-state index >= 15 is 0 Å². The van der Waals surface area contributed by atoms with Crippen molar-refractivity contribution in [2.24, 2.45) is 0 Å². The molecule has 1 atom stereocenters. The second-order valence-electron chi connectivity index (χ2n) is 6.06. The molecule has 0 saturated carbocycles. The van der Waals surface area contributed by atoms with Crippen molar-refractivity contribution in [3.05, 3.63) is 23.9 Å². The maximum absolute atomic E-state index is 12.4. The van der Waals surface area contributed by atoms with E-state index in [1.807, 2.05) is 32.9 Å². The van der Waals surface area contributed by atoms with Gasteiger partial charge < -0.3 is 9.84 Å². The van der Waals surface area contributed by atoms with Crippen LogP contribution < -0.4 is 4.90 Å². The first-order valence-corrected chi connectivity index (χ1v) is 6.99. The average molecular weight is 278 g/mol. The van der Waals surface area contributed by atoms with E-state index in [4.69, 9.17) is 9.84 Å². The van der Waals surface area contributed by atoms with E-state index in [2.05, 4.69) is 4.98 Å². The van der Waals surface area contributed by atoms with Crippen LogP contribution in [0.25, 0.3) is 0 Å². The van der Waals surface area contributed by atoms with Gasteiger partial charge in [0, 0.05) is 18.8 Å². The Bertz CT molecular complexity index is 482. The van der Waals surface area contributed by atoms with E-state index in [0.29, 0.717) is 12.2 Å². The lowest BCUT2D eigenvalue weighted by atomic mass is 10.1. The Balaban J connectivity index is 2.22. The smallest absolute Gasteiger partial charge is 0.416 e. The van der Waals surface area contributed by atoms with E-state index in [1.165, 1.54) is 0 Å². The molecule has 110 valence electrons. The topological polar surface area (TPSA) is 62.7 Å². The number of carbonyl (C=O) groups is 1. The largest absolute Gasteiger partial charge is 0.443 e. The van der Waals surface area contributed by atoms with Crippen LogP contribution in [-0.2, 0) is 11.2 Å². The zero-order valence-corrected chi connectivity index (χ0v) is 12.3. The predicted octanol–water partition coefficient (Wildman–Crippen LogP) is 2.52. The molecular weight excluding hydrogens is 256 g/mol. The van der Waals surface area contributed by atoms with Crippen LogP contribution in [0.4, 0.5) is 10.6 Å². The van der Waals surface area contributed by atoms with Gasteiger partial charge in [0.25, 0.3) is 0 Å². The first-order valence-electron chi connectivity index (χ1n) is 6.99. The predicted molar refractivity (Wildman–Crippen MR) is 76.8 cm³/mol. The second kappa shape index (κ2) is 5.79. The van der Waals surface area contributed by atoms with Crippen molar-refractivity contribution in [3.63, 3.8) is 0 Å². The van der Waals surface area contributed by atoms with Gasteiger partial charge >= 0.3 is 6.09 Å². The molecule has 0 fully saturated rings. The lowest BCUT2D eigenvalue weighted by Crippen LogP contribution is -2.41. The highest BCUT2D eigenvalue weighted by atomic mass is 16.6. The lowest BCUT2D eigenvalue weighted by molar-refractivity contribution is 0.0566. The number of anilines is 1. The van der Waals surface area contributed by atoms with Gasteiger partial charge in [-0.25, -0.2) is 9.78 Å². The molecule has 1 aliphatic rings. The highest BCUT2D eigenvalue weighted by Gasteiger charge is 2.36. The molecule has 1 aromatic heterocycles. The van der Waals surface area contributed by atoms with Crippen LogP contribution in [0.1, 0.15) is 39.2 Å². The molecule has 1 amide bonds. The van der Waals surface area contributed by atoms with Gasteiger partial charge in [0.05, 0.1) is 0 Å². The fourth-order valence-electron chi connectivity index (χ4n) is 2.43. The van der Waals surface area contributed by atoms with E-state index < -0.39 is 5.60 Å². The monoisotopic (exact) mass is 278 g/mol. The van der Waals surface area contributed by atoms with Crippen LogP contribution in [0.3, 0.4) is 0 Å². The Kier molecular flexibility index (Phi) is 4.28. The summed E-state index contributed by atoms with van der Waals surface area (Å²) in [5.74, 6) is 0.685. The summed E-state index contributed by atoms with van der Waals surface area (Å²) in [5, 5.41) is 9.00. The summed E-state index contributed by atoms with van der Waals surface area (Å²) in [6.07, 6.45) is 3.50. The summed E-state index contributed by atoms with van der Waals surface area (Å²) in [4.78, 5) is 18.3. The summed E-state index contributed by atoms with van der Waals surface area (Å²) in [5.41, 5.74) is 0.525. The molecule has 0 aromatic carbocycles. The molecule has 2 rings (SSSR count). The van der Waals surface area contributed by atoms with Crippen molar-refractivity contribution >= 4 is 11.9 Å². The average Bonchev–Trinajstić information content (AvgIpc) is 2.72. The van der Waals surface area contributed by atoms with Crippen LogP contribution in [0.15, 0.2) is 18.3 Å². The van der Waals surface area contributed by atoms with Crippen molar-refractivity contribution in [1.82, 2.24) is 4.98 Å². The number of ether oxygens (including phenoxy) is 1. The Morgan fingerprint density at radius 3 is 2.95 bits per heavy atom. The normalized spacial score (nSPS) is 18.0. The van der Waals surface area contributed by atoms with Gasteiger partial charge in [-0.15, -0.1) is 0 Å². The lowest BCUT2D eigenvalue weighted by Gasteiger charge is -2.28. The standard InChI is InChI=1S/C15H22N2O3/c1-15(2,3)20-14(19)17-12(7-5-9-18)10-11-6-4-8-16-13(11)17/h4,6,8,12,18H,5,7,9-10H2,1-3H3. The van der Waals surface area contributed by atoms with Gasteiger partial charge in [0.2, 0.25) is 0 Å². The molecule has 2 heterocycles. The van der Waals surface area contributed by atoms with Crippen LogP contribution >= 0.6 is 0 Å². The van der Waals surface area contributed by atoms with Crippen molar-refractivity contribution in [2.45, 2.75) is 51.7 Å². The van der Waals surface area contributed by atoms with Gasteiger partial charge in [-0.05, 0) is 51.7 Å². The van der Waals surface area contributed by atoms with Crippen LogP contribution in [0.2, 0.25) is 0 Å². The van der Waals surface area contributed by atoms with E-state index in [1.54, 1.807) is 11.1 Å².